The number of amides is 1. The fourth-order valence-corrected chi connectivity index (χ4v) is 2.86. The van der Waals surface area contributed by atoms with Crippen LogP contribution < -0.4 is 10.9 Å². The predicted octanol–water partition coefficient (Wildman–Crippen LogP) is -0.628. The largest absolute Gasteiger partial charge is 0.494 e. The van der Waals surface area contributed by atoms with Crippen LogP contribution in [0.5, 0.6) is 5.88 Å². The maximum absolute atomic E-state index is 12.2. The molecule has 6 heteroatoms. The molecule has 0 radical (unpaired) electrons. The summed E-state index contributed by atoms with van der Waals surface area (Å²) in [6.07, 6.45) is 0. The fraction of sp³-hybridized carbons (Fsp3) is 0.500. The minimum Gasteiger partial charge on any atom is -0.494 e. The van der Waals surface area contributed by atoms with Crippen LogP contribution >= 0.6 is 0 Å². The van der Waals surface area contributed by atoms with E-state index >= 15 is 0 Å². The van der Waals surface area contributed by atoms with Gasteiger partial charge in [-0.3, -0.25) is 14.6 Å². The number of nitrogens with one attached hydrogen (secondary N) is 2. The van der Waals surface area contributed by atoms with E-state index in [0.29, 0.717) is 11.8 Å². The molecule has 0 bridgehead atoms. The Morgan fingerprint density at radius 2 is 1.94 bits per heavy atom. The summed E-state index contributed by atoms with van der Waals surface area (Å²) in [7, 11) is 0. The molecule has 18 heavy (non-hydrogen) atoms. The normalized spacial score (nSPS) is 26.3. The molecular formula is C12H15N3O3. The lowest BCUT2D eigenvalue weighted by Crippen LogP contribution is -2.32. The van der Waals surface area contributed by atoms with Gasteiger partial charge in [0.05, 0.1) is 5.56 Å². The molecular weight excluding hydrogens is 234 g/mol. The van der Waals surface area contributed by atoms with Crippen molar-refractivity contribution in [2.45, 2.75) is 0 Å². The number of hydrogen-bond donors (Lipinski definition) is 3. The van der Waals surface area contributed by atoms with Crippen LogP contribution in [0.4, 0.5) is 0 Å². The Kier molecular flexibility index (Phi) is 2.59. The number of nitrogens with zero attached hydrogens (tertiary/aromatic N) is 1. The van der Waals surface area contributed by atoms with Crippen molar-refractivity contribution in [3.8, 4) is 5.88 Å². The van der Waals surface area contributed by atoms with Crippen LogP contribution in [0.15, 0.2) is 16.9 Å². The number of hydrogen-bond acceptors (Lipinski definition) is 4. The molecule has 3 N–H and O–H groups in total. The molecule has 2 saturated heterocycles. The monoisotopic (exact) mass is 249 g/mol. The predicted molar refractivity (Wildman–Crippen MR) is 64.5 cm³/mol. The molecule has 1 aromatic heterocycles. The number of aromatic amines is 1. The molecule has 0 spiro atoms. The van der Waals surface area contributed by atoms with Gasteiger partial charge in [0.25, 0.3) is 11.5 Å². The standard InChI is InChI=1S/C12H15N3O3/c16-10-1-7(2-11(17)14-10)12(18)15-5-8-3-13-4-9(8)6-15/h1-2,8-9,13H,3-6H2,(H2,14,16,17)/t8-,9+. The van der Waals surface area contributed by atoms with Gasteiger partial charge in [-0.15, -0.1) is 0 Å². The molecule has 2 aliphatic rings. The van der Waals surface area contributed by atoms with Crippen molar-refractivity contribution in [2.24, 2.45) is 11.8 Å². The molecule has 0 aromatic carbocycles. The van der Waals surface area contributed by atoms with E-state index in [-0.39, 0.29) is 17.4 Å². The minimum absolute atomic E-state index is 0.175. The Hall–Kier alpha value is -1.82. The van der Waals surface area contributed by atoms with E-state index in [1.807, 2.05) is 0 Å². The number of carbonyl (C=O) groups excluding carboxylic acids is 1. The highest BCUT2D eigenvalue weighted by Gasteiger charge is 2.38. The average Bonchev–Trinajstić information content (AvgIpc) is 2.86. The van der Waals surface area contributed by atoms with Gasteiger partial charge in [-0.05, 0) is 11.8 Å². The van der Waals surface area contributed by atoms with Crippen molar-refractivity contribution in [1.82, 2.24) is 15.2 Å². The van der Waals surface area contributed by atoms with Crippen molar-refractivity contribution in [3.63, 3.8) is 0 Å². The summed E-state index contributed by atoms with van der Waals surface area (Å²) in [4.78, 5) is 27.4. The van der Waals surface area contributed by atoms with E-state index in [4.69, 9.17) is 0 Å². The molecule has 1 amide bonds. The van der Waals surface area contributed by atoms with Gasteiger partial charge in [-0.2, -0.15) is 0 Å². The molecule has 1 aromatic rings. The second-order valence-corrected chi connectivity index (χ2v) is 5.01. The van der Waals surface area contributed by atoms with Gasteiger partial charge in [0, 0.05) is 38.3 Å². The third-order valence-corrected chi connectivity index (χ3v) is 3.75. The average molecular weight is 249 g/mol. The fourth-order valence-electron chi connectivity index (χ4n) is 2.86. The van der Waals surface area contributed by atoms with E-state index in [1.54, 1.807) is 4.90 Å². The van der Waals surface area contributed by atoms with Gasteiger partial charge in [-0.1, -0.05) is 0 Å². The van der Waals surface area contributed by atoms with Gasteiger partial charge in [0.2, 0.25) is 0 Å². The van der Waals surface area contributed by atoms with Gasteiger partial charge >= 0.3 is 0 Å². The Balaban J connectivity index is 1.81. The number of likely N-dealkylation sites (tertiary alicyclic amines) is 1. The lowest BCUT2D eigenvalue weighted by molar-refractivity contribution is 0.0781. The number of aromatic nitrogens is 1. The van der Waals surface area contributed by atoms with Crippen LogP contribution in [0.2, 0.25) is 0 Å². The molecule has 96 valence electrons. The smallest absolute Gasteiger partial charge is 0.254 e. The van der Waals surface area contributed by atoms with Gasteiger partial charge in [0.1, 0.15) is 0 Å². The number of carbonyl (C=O) groups is 1. The van der Waals surface area contributed by atoms with Gasteiger partial charge < -0.3 is 15.3 Å². The van der Waals surface area contributed by atoms with Crippen molar-refractivity contribution in [3.05, 3.63) is 28.0 Å². The molecule has 2 atom stereocenters. The molecule has 3 rings (SSSR count). The third-order valence-electron chi connectivity index (χ3n) is 3.75. The highest BCUT2D eigenvalue weighted by Crippen LogP contribution is 2.27. The first-order chi connectivity index (χ1) is 8.63. The summed E-state index contributed by atoms with van der Waals surface area (Å²) < 4.78 is 0. The Morgan fingerprint density at radius 3 is 2.56 bits per heavy atom. The topological polar surface area (TPSA) is 85.4 Å². The zero-order valence-corrected chi connectivity index (χ0v) is 9.85. The SMILES string of the molecule is O=C(c1cc(O)[nH]c(=O)c1)N1C[C@H]2CNC[C@H]2C1. The summed E-state index contributed by atoms with van der Waals surface area (Å²) in [6.45, 7) is 3.36. The van der Waals surface area contributed by atoms with Crippen molar-refractivity contribution in [2.75, 3.05) is 26.2 Å². The molecule has 3 heterocycles. The number of fused-ring (bicyclic) bond motifs is 1. The number of rotatable bonds is 1. The molecule has 6 nitrogen and oxygen atoms in total. The number of H-pyrrole nitrogens is 1. The summed E-state index contributed by atoms with van der Waals surface area (Å²) in [5.41, 5.74) is -0.205. The summed E-state index contributed by atoms with van der Waals surface area (Å²) in [5, 5.41) is 12.6. The zero-order chi connectivity index (χ0) is 12.7. The molecule has 0 aliphatic carbocycles. The van der Waals surface area contributed by atoms with Gasteiger partial charge in [0.15, 0.2) is 5.88 Å². The Morgan fingerprint density at radius 1 is 1.28 bits per heavy atom. The highest BCUT2D eigenvalue weighted by molar-refractivity contribution is 5.94. The first-order valence-corrected chi connectivity index (χ1v) is 6.07. The lowest BCUT2D eigenvalue weighted by atomic mass is 10.0. The van der Waals surface area contributed by atoms with E-state index in [9.17, 15) is 14.7 Å². The maximum atomic E-state index is 12.2. The van der Waals surface area contributed by atoms with Gasteiger partial charge in [-0.25, -0.2) is 0 Å². The summed E-state index contributed by atoms with van der Waals surface area (Å²) in [5.74, 6) is 0.590. The maximum Gasteiger partial charge on any atom is 0.254 e. The summed E-state index contributed by atoms with van der Waals surface area (Å²) >= 11 is 0. The van der Waals surface area contributed by atoms with E-state index < -0.39 is 5.56 Å². The Bertz CT molecular complexity index is 528. The Labute approximate surface area is 104 Å². The number of aromatic hydroxyl groups is 1. The molecule has 0 saturated carbocycles. The first-order valence-electron chi connectivity index (χ1n) is 6.07. The molecule has 2 fully saturated rings. The zero-order valence-electron chi connectivity index (χ0n) is 9.85. The van der Waals surface area contributed by atoms with Crippen LogP contribution in [0.25, 0.3) is 0 Å². The van der Waals surface area contributed by atoms with Crippen molar-refractivity contribution >= 4 is 5.91 Å². The van der Waals surface area contributed by atoms with E-state index in [0.717, 1.165) is 26.2 Å². The molecule has 2 aliphatic heterocycles. The van der Waals surface area contributed by atoms with Crippen LogP contribution in [0.3, 0.4) is 0 Å². The molecule has 0 unspecified atom stereocenters. The van der Waals surface area contributed by atoms with E-state index in [2.05, 4.69) is 10.3 Å². The summed E-state index contributed by atoms with van der Waals surface area (Å²) in [6, 6.07) is 2.53. The highest BCUT2D eigenvalue weighted by atomic mass is 16.3. The third kappa shape index (κ3) is 1.88. The van der Waals surface area contributed by atoms with Crippen LogP contribution in [-0.2, 0) is 0 Å². The van der Waals surface area contributed by atoms with Crippen LogP contribution in [-0.4, -0.2) is 47.1 Å². The van der Waals surface area contributed by atoms with Crippen LogP contribution in [0.1, 0.15) is 10.4 Å². The van der Waals surface area contributed by atoms with Crippen molar-refractivity contribution < 1.29 is 9.90 Å². The number of pyridine rings is 1. The van der Waals surface area contributed by atoms with Crippen LogP contribution in [0, 0.1) is 11.8 Å². The first kappa shape index (κ1) is 11.3. The lowest BCUT2D eigenvalue weighted by Gasteiger charge is -2.17. The second kappa shape index (κ2) is 4.13. The van der Waals surface area contributed by atoms with Crippen molar-refractivity contribution in [1.29, 1.82) is 0 Å². The van der Waals surface area contributed by atoms with E-state index in [1.165, 1.54) is 12.1 Å². The quantitative estimate of drug-likeness (QED) is 0.618. The second-order valence-electron chi connectivity index (χ2n) is 5.01. The minimum atomic E-state index is -0.459.